The first-order chi connectivity index (χ1) is 5.13. The normalized spacial score (nSPS) is 28.8. The van der Waals surface area contributed by atoms with Crippen molar-refractivity contribution in [3.8, 4) is 0 Å². The largest absolute Gasteiger partial charge is 0.297 e. The number of ketones is 1. The van der Waals surface area contributed by atoms with Crippen molar-refractivity contribution in [2.24, 2.45) is 0 Å². The first-order valence-electron chi connectivity index (χ1n) is 4.01. The fraction of sp³-hybridized carbons (Fsp3) is 0.875. The van der Waals surface area contributed by atoms with Crippen LogP contribution < -0.4 is 0 Å². The van der Waals surface area contributed by atoms with Crippen molar-refractivity contribution in [1.82, 2.24) is 4.90 Å². The first kappa shape index (κ1) is 9.20. The Morgan fingerprint density at radius 1 is 1.73 bits per heavy atom. The van der Waals surface area contributed by atoms with Crippen LogP contribution in [0.5, 0.6) is 0 Å². The van der Waals surface area contributed by atoms with Gasteiger partial charge in [-0.2, -0.15) is 0 Å². The van der Waals surface area contributed by atoms with E-state index in [2.05, 4.69) is 20.8 Å². The number of carbonyl (C=O) groups is 1. The van der Waals surface area contributed by atoms with Gasteiger partial charge in [0.1, 0.15) is 0 Å². The van der Waals surface area contributed by atoms with Crippen molar-refractivity contribution in [1.29, 1.82) is 0 Å². The minimum atomic E-state index is 0.00745. The van der Waals surface area contributed by atoms with E-state index in [1.54, 1.807) is 0 Å². The Kier molecular flexibility index (Phi) is 3.07. The molecule has 2 atom stereocenters. The summed E-state index contributed by atoms with van der Waals surface area (Å²) in [5.41, 5.74) is 0. The van der Waals surface area contributed by atoms with Crippen LogP contribution >= 0.6 is 15.9 Å². The van der Waals surface area contributed by atoms with Crippen LogP contribution in [0.2, 0.25) is 0 Å². The van der Waals surface area contributed by atoms with E-state index in [1.165, 1.54) is 0 Å². The van der Waals surface area contributed by atoms with Gasteiger partial charge < -0.3 is 0 Å². The maximum atomic E-state index is 11.5. The van der Waals surface area contributed by atoms with Crippen LogP contribution in [-0.4, -0.2) is 35.1 Å². The van der Waals surface area contributed by atoms with Crippen LogP contribution in [0.25, 0.3) is 0 Å². The number of rotatable bonds is 2. The molecule has 2 nitrogen and oxygen atoms in total. The van der Waals surface area contributed by atoms with Gasteiger partial charge in [0.25, 0.3) is 0 Å². The minimum Gasteiger partial charge on any atom is -0.297 e. The van der Waals surface area contributed by atoms with Crippen LogP contribution in [0.15, 0.2) is 0 Å². The second kappa shape index (κ2) is 3.68. The molecule has 1 saturated heterocycles. The average Bonchev–Trinajstić information content (AvgIpc) is 2.33. The smallest absolute Gasteiger partial charge is 0.163 e. The summed E-state index contributed by atoms with van der Waals surface area (Å²) in [6.07, 6.45) is 2.19. The summed E-state index contributed by atoms with van der Waals surface area (Å²) in [6.45, 7) is 2.96. The van der Waals surface area contributed by atoms with E-state index in [1.807, 2.05) is 14.0 Å². The summed E-state index contributed by atoms with van der Waals surface area (Å²) >= 11 is 3.30. The van der Waals surface area contributed by atoms with E-state index in [-0.39, 0.29) is 10.9 Å². The summed E-state index contributed by atoms with van der Waals surface area (Å²) in [4.78, 5) is 13.6. The van der Waals surface area contributed by atoms with Gasteiger partial charge in [0, 0.05) is 0 Å². The van der Waals surface area contributed by atoms with Crippen molar-refractivity contribution >= 4 is 21.7 Å². The van der Waals surface area contributed by atoms with Gasteiger partial charge >= 0.3 is 0 Å². The molecule has 0 aromatic rings. The van der Waals surface area contributed by atoms with Crippen LogP contribution in [0.3, 0.4) is 0 Å². The molecule has 1 aliphatic rings. The number of hydrogen-bond donors (Lipinski definition) is 0. The Balaban J connectivity index is 2.53. The molecule has 1 aliphatic heterocycles. The van der Waals surface area contributed by atoms with Crippen molar-refractivity contribution in [3.05, 3.63) is 0 Å². The maximum absolute atomic E-state index is 11.5. The predicted octanol–water partition coefficient (Wildman–Crippen LogP) is 1.43. The zero-order valence-electron chi connectivity index (χ0n) is 7.01. The highest BCUT2D eigenvalue weighted by molar-refractivity contribution is 9.10. The molecule has 3 heteroatoms. The minimum absolute atomic E-state index is 0.00745. The molecule has 1 heterocycles. The number of likely N-dealkylation sites (tertiary alicyclic amines) is 1. The predicted molar refractivity (Wildman–Crippen MR) is 49.0 cm³/mol. The first-order valence-corrected chi connectivity index (χ1v) is 4.92. The lowest BCUT2D eigenvalue weighted by atomic mass is 10.1. The Bertz CT molecular complexity index is 158. The Hall–Kier alpha value is 0.110. The molecule has 0 spiro atoms. The monoisotopic (exact) mass is 219 g/mol. The van der Waals surface area contributed by atoms with Crippen LogP contribution in [0.4, 0.5) is 0 Å². The average molecular weight is 220 g/mol. The van der Waals surface area contributed by atoms with E-state index >= 15 is 0 Å². The van der Waals surface area contributed by atoms with E-state index in [4.69, 9.17) is 0 Å². The van der Waals surface area contributed by atoms with E-state index < -0.39 is 0 Å². The van der Waals surface area contributed by atoms with Gasteiger partial charge in [0.15, 0.2) is 5.78 Å². The van der Waals surface area contributed by atoms with E-state index in [9.17, 15) is 4.79 Å². The summed E-state index contributed by atoms with van der Waals surface area (Å²) < 4.78 is 0. The molecule has 1 fully saturated rings. The molecule has 0 aromatic heterocycles. The van der Waals surface area contributed by atoms with Crippen molar-refractivity contribution in [2.45, 2.75) is 30.6 Å². The third-order valence-electron chi connectivity index (χ3n) is 2.24. The number of halogens is 1. The Labute approximate surface area is 76.1 Å². The van der Waals surface area contributed by atoms with E-state index in [0.717, 1.165) is 19.4 Å². The maximum Gasteiger partial charge on any atom is 0.163 e. The number of hydrogen-bond acceptors (Lipinski definition) is 2. The van der Waals surface area contributed by atoms with Gasteiger partial charge in [-0.15, -0.1) is 0 Å². The second-order valence-electron chi connectivity index (χ2n) is 3.16. The third kappa shape index (κ3) is 2.03. The van der Waals surface area contributed by atoms with Gasteiger partial charge in [-0.3, -0.25) is 9.69 Å². The van der Waals surface area contributed by atoms with Crippen LogP contribution in [-0.2, 0) is 4.79 Å². The lowest BCUT2D eigenvalue weighted by Gasteiger charge is -2.18. The molecule has 0 aromatic carbocycles. The van der Waals surface area contributed by atoms with Crippen molar-refractivity contribution in [2.75, 3.05) is 13.6 Å². The topological polar surface area (TPSA) is 20.3 Å². The summed E-state index contributed by atoms with van der Waals surface area (Å²) in [7, 11) is 2.02. The van der Waals surface area contributed by atoms with Crippen molar-refractivity contribution in [3.63, 3.8) is 0 Å². The van der Waals surface area contributed by atoms with Gasteiger partial charge in [-0.05, 0) is 33.4 Å². The molecule has 11 heavy (non-hydrogen) atoms. The number of Topliss-reactive ketones (excluding diaryl/α,β-unsaturated/α-hetero) is 1. The second-order valence-corrected chi connectivity index (χ2v) is 4.53. The third-order valence-corrected chi connectivity index (χ3v) is 2.69. The summed E-state index contributed by atoms with van der Waals surface area (Å²) in [6, 6.07) is 0.171. The van der Waals surface area contributed by atoms with Gasteiger partial charge in [0.2, 0.25) is 0 Å². The van der Waals surface area contributed by atoms with Crippen LogP contribution in [0.1, 0.15) is 19.8 Å². The Morgan fingerprint density at radius 3 is 2.73 bits per heavy atom. The highest BCUT2D eigenvalue weighted by Crippen LogP contribution is 2.18. The molecular weight excluding hydrogens is 206 g/mol. The van der Waals surface area contributed by atoms with Crippen LogP contribution in [0, 0.1) is 0 Å². The standard InChI is InChI=1S/C8H14BrNO/c1-6(9)8(11)7-4-3-5-10(7)2/h6-7H,3-5H2,1-2H3/t6?,7-/m0/s1. The number of nitrogens with zero attached hydrogens (tertiary/aromatic N) is 1. The fourth-order valence-electron chi connectivity index (χ4n) is 1.53. The molecule has 0 radical (unpaired) electrons. The lowest BCUT2D eigenvalue weighted by molar-refractivity contribution is -0.122. The fourth-order valence-corrected chi connectivity index (χ4v) is 1.84. The number of carbonyl (C=O) groups excluding carboxylic acids is 1. The Morgan fingerprint density at radius 2 is 2.36 bits per heavy atom. The molecular formula is C8H14BrNO. The zero-order chi connectivity index (χ0) is 8.43. The van der Waals surface area contributed by atoms with Crippen molar-refractivity contribution < 1.29 is 4.79 Å². The SMILES string of the molecule is CC(Br)C(=O)[C@@H]1CCCN1C. The molecule has 0 amide bonds. The van der Waals surface area contributed by atoms with Gasteiger partial charge in [-0.1, -0.05) is 15.9 Å². The summed E-state index contributed by atoms with van der Waals surface area (Å²) in [5, 5.41) is 0. The summed E-state index contributed by atoms with van der Waals surface area (Å²) in [5.74, 6) is 0.324. The molecule has 1 rings (SSSR count). The highest BCUT2D eigenvalue weighted by atomic mass is 79.9. The van der Waals surface area contributed by atoms with Gasteiger partial charge in [0.05, 0.1) is 10.9 Å². The number of alkyl halides is 1. The zero-order valence-corrected chi connectivity index (χ0v) is 8.60. The lowest BCUT2D eigenvalue weighted by Crippen LogP contribution is -2.36. The molecule has 0 bridgehead atoms. The molecule has 64 valence electrons. The van der Waals surface area contributed by atoms with E-state index in [0.29, 0.717) is 5.78 Å². The molecule has 0 aliphatic carbocycles. The highest BCUT2D eigenvalue weighted by Gasteiger charge is 2.29. The molecule has 0 saturated carbocycles. The molecule has 1 unspecified atom stereocenters. The molecule has 0 N–H and O–H groups in total. The van der Waals surface area contributed by atoms with Gasteiger partial charge in [-0.25, -0.2) is 0 Å². The number of likely N-dealkylation sites (N-methyl/N-ethyl adjacent to an activating group) is 1. The quantitative estimate of drug-likeness (QED) is 0.656.